The minimum atomic E-state index is -1.53. The fourth-order valence-electron chi connectivity index (χ4n) is 5.75. The number of aromatic nitrogens is 1. The SMILES string of the molecule is O=C(CCC(C(=O)[O-])N1CCN(C(CCC(=O)NCCO)C(=O)[O-])Cc2cccc(n2)CN(C(CCC(=O)NCCO)C(=O)[O-])CC1)NCCO.[Gd]. The Bertz CT molecular complexity index is 1240. The van der Waals surface area contributed by atoms with E-state index in [0.717, 1.165) is 0 Å². The third kappa shape index (κ3) is 17.3. The number of pyridine rings is 1. The molecule has 3 atom stereocenters. The van der Waals surface area contributed by atoms with Crippen molar-refractivity contribution in [3.05, 3.63) is 29.6 Å². The Labute approximate surface area is 333 Å². The summed E-state index contributed by atoms with van der Waals surface area (Å²) in [6, 6.07) is 0.891. The van der Waals surface area contributed by atoms with E-state index in [2.05, 4.69) is 20.9 Å². The summed E-state index contributed by atoms with van der Waals surface area (Å²) >= 11 is 0. The smallest absolute Gasteiger partial charge is 0.220 e. The number of carbonyl (C=O) groups excluding carboxylic acids is 6. The first-order chi connectivity index (χ1) is 24.4. The van der Waals surface area contributed by atoms with Crippen LogP contribution in [0.25, 0.3) is 0 Å². The summed E-state index contributed by atoms with van der Waals surface area (Å²) in [7, 11) is 0. The van der Waals surface area contributed by atoms with E-state index < -0.39 is 53.8 Å². The van der Waals surface area contributed by atoms with Gasteiger partial charge in [-0.15, -0.1) is 0 Å². The fourth-order valence-corrected chi connectivity index (χ4v) is 5.75. The van der Waals surface area contributed by atoms with Crippen molar-refractivity contribution in [2.45, 2.75) is 69.7 Å². The van der Waals surface area contributed by atoms with E-state index in [0.29, 0.717) is 11.4 Å². The molecule has 3 amide bonds. The normalized spacial score (nSPS) is 16.1. The summed E-state index contributed by atoms with van der Waals surface area (Å²) in [5, 5.41) is 71.7. The van der Waals surface area contributed by atoms with Gasteiger partial charge in [0.15, 0.2) is 0 Å². The van der Waals surface area contributed by atoms with Gasteiger partial charge in [0, 0.05) is 124 Å². The standard InChI is InChI=1S/C32H51N7O12.Gd/c40-17-10-33-27(43)7-4-24(30(46)47)37-13-15-38(25(31(48)49)5-8-28(44)34-11-18-41)20-22-2-1-3-23(36-22)21-39(16-14-37)26(32(50)51)6-9-29(45)35-12-19-42;/h1-3,24-26,40-42H,4-21H2,(H,33,43)(H,34,44)(H,35,45)(H,46,47)(H,48,49)(H,50,51);/p-3. The van der Waals surface area contributed by atoms with Crippen LogP contribution in [0.3, 0.4) is 0 Å². The number of nitrogens with zero attached hydrogens (tertiary/aromatic N) is 4. The molecule has 0 aromatic carbocycles. The topological polar surface area (TPSA) is 291 Å². The number of carboxylic acids is 3. The van der Waals surface area contributed by atoms with Gasteiger partial charge in [-0.25, -0.2) is 0 Å². The van der Waals surface area contributed by atoms with Crippen LogP contribution in [-0.4, -0.2) is 154 Å². The van der Waals surface area contributed by atoms with Crippen molar-refractivity contribution < 1.29 is 99.3 Å². The van der Waals surface area contributed by atoms with Crippen LogP contribution >= 0.6 is 0 Å². The molecule has 1 aromatic rings. The molecule has 0 fully saturated rings. The zero-order valence-electron chi connectivity index (χ0n) is 28.9. The van der Waals surface area contributed by atoms with Gasteiger partial charge in [0.05, 0.1) is 61.2 Å². The predicted octanol–water partition coefficient (Wildman–Crippen LogP) is -6.98. The Morgan fingerprint density at radius 3 is 1.21 bits per heavy atom. The van der Waals surface area contributed by atoms with Crippen LogP contribution in [-0.2, 0) is 41.9 Å². The van der Waals surface area contributed by atoms with Gasteiger partial charge < -0.3 is 61.0 Å². The average Bonchev–Trinajstić information content (AvgIpc) is 3.08. The third-order valence-electron chi connectivity index (χ3n) is 8.32. The third-order valence-corrected chi connectivity index (χ3v) is 8.32. The van der Waals surface area contributed by atoms with Crippen molar-refractivity contribution >= 4 is 35.6 Å². The monoisotopic (exact) mass is 880 g/mol. The van der Waals surface area contributed by atoms with E-state index in [9.17, 15) is 44.1 Å². The molecule has 19 nitrogen and oxygen atoms in total. The Morgan fingerprint density at radius 2 is 0.904 bits per heavy atom. The van der Waals surface area contributed by atoms with Gasteiger partial charge in [-0.05, 0) is 31.4 Å². The molecule has 2 heterocycles. The molecule has 294 valence electrons. The molecule has 20 heteroatoms. The van der Waals surface area contributed by atoms with Crippen molar-refractivity contribution in [1.82, 2.24) is 35.6 Å². The number of carboxylic acid groups (broad SMARTS) is 3. The molecule has 1 aromatic heterocycles. The number of amides is 3. The van der Waals surface area contributed by atoms with Gasteiger partial charge in [-0.2, -0.15) is 0 Å². The number of carbonyl (C=O) groups is 6. The number of rotatable bonds is 21. The van der Waals surface area contributed by atoms with Crippen LogP contribution < -0.4 is 31.3 Å². The molecule has 0 spiro atoms. The van der Waals surface area contributed by atoms with Gasteiger partial charge in [-0.1, -0.05) is 6.07 Å². The molecular formula is C32H48GdN7O12-3. The van der Waals surface area contributed by atoms with Crippen LogP contribution in [0.5, 0.6) is 0 Å². The molecule has 3 unspecified atom stereocenters. The largest absolute Gasteiger partial charge is 0.548 e. The van der Waals surface area contributed by atoms with Gasteiger partial charge in [0.1, 0.15) is 0 Å². The number of aliphatic hydroxyl groups excluding tert-OH is 3. The first-order valence-electron chi connectivity index (χ1n) is 16.8. The molecule has 0 saturated carbocycles. The van der Waals surface area contributed by atoms with Gasteiger partial charge in [-0.3, -0.25) is 34.1 Å². The second kappa shape index (κ2) is 25.9. The summed E-state index contributed by atoms with van der Waals surface area (Å²) in [6.45, 7) is -1.53. The second-order valence-electron chi connectivity index (χ2n) is 11.9. The van der Waals surface area contributed by atoms with Crippen LogP contribution in [0.15, 0.2) is 18.2 Å². The molecule has 2 bridgehead atoms. The zero-order chi connectivity index (χ0) is 37.8. The summed E-state index contributed by atoms with van der Waals surface area (Å²) < 4.78 is 0. The zero-order valence-corrected chi connectivity index (χ0v) is 31.1. The molecular weight excluding hydrogens is 832 g/mol. The summed E-state index contributed by atoms with van der Waals surface area (Å²) in [5.41, 5.74) is 0.780. The number of fused-ring (bicyclic) bond motifs is 2. The molecule has 0 saturated heterocycles. The minimum Gasteiger partial charge on any atom is -0.548 e. The van der Waals surface area contributed by atoms with Crippen molar-refractivity contribution in [2.24, 2.45) is 0 Å². The predicted molar refractivity (Wildman–Crippen MR) is 171 cm³/mol. The Kier molecular flexibility index (Phi) is 23.5. The van der Waals surface area contributed by atoms with Gasteiger partial charge in [0.25, 0.3) is 0 Å². The Hall–Kier alpha value is -2.95. The summed E-state index contributed by atoms with van der Waals surface area (Å²) in [6.07, 6.45) is -1.28. The number of hydrogen-bond acceptors (Lipinski definition) is 16. The van der Waals surface area contributed by atoms with E-state index in [4.69, 9.17) is 15.3 Å². The summed E-state index contributed by atoms with van der Waals surface area (Å²) in [5.74, 6) is -6.00. The van der Waals surface area contributed by atoms with Crippen molar-refractivity contribution in [3.8, 4) is 0 Å². The first kappa shape index (κ1) is 47.1. The van der Waals surface area contributed by atoms with E-state index in [1.54, 1.807) is 18.2 Å². The summed E-state index contributed by atoms with van der Waals surface area (Å²) in [4.78, 5) is 83.2. The van der Waals surface area contributed by atoms with Crippen molar-refractivity contribution in [1.29, 1.82) is 0 Å². The van der Waals surface area contributed by atoms with Crippen molar-refractivity contribution in [2.75, 3.05) is 65.6 Å². The molecule has 1 aliphatic rings. The maximum Gasteiger partial charge on any atom is 0.220 e. The minimum absolute atomic E-state index is 0. The van der Waals surface area contributed by atoms with E-state index >= 15 is 0 Å². The molecule has 1 aliphatic heterocycles. The molecule has 52 heavy (non-hydrogen) atoms. The molecule has 0 aliphatic carbocycles. The number of aliphatic hydroxyl groups is 3. The maximum atomic E-state index is 12.5. The Morgan fingerprint density at radius 1 is 0.596 bits per heavy atom. The van der Waals surface area contributed by atoms with E-state index in [-0.39, 0.29) is 157 Å². The quantitative estimate of drug-likeness (QED) is 0.0669. The van der Waals surface area contributed by atoms with E-state index in [1.165, 1.54) is 14.7 Å². The molecule has 2 rings (SSSR count). The number of aliphatic carboxylic acids is 3. The van der Waals surface area contributed by atoms with Crippen LogP contribution in [0.4, 0.5) is 0 Å². The van der Waals surface area contributed by atoms with Crippen LogP contribution in [0.1, 0.15) is 49.9 Å². The number of nitrogens with one attached hydrogen (secondary N) is 3. The second-order valence-corrected chi connectivity index (χ2v) is 11.9. The number of hydrogen-bond donors (Lipinski definition) is 6. The Balaban J connectivity index is 0.0000135. The van der Waals surface area contributed by atoms with Crippen LogP contribution in [0.2, 0.25) is 0 Å². The maximum absolute atomic E-state index is 12.5. The fraction of sp³-hybridized carbons (Fsp3) is 0.656. The van der Waals surface area contributed by atoms with Gasteiger partial charge in [0.2, 0.25) is 17.7 Å². The van der Waals surface area contributed by atoms with E-state index in [1.807, 2.05) is 0 Å². The first-order valence-corrected chi connectivity index (χ1v) is 16.8. The molecule has 6 N–H and O–H groups in total. The van der Waals surface area contributed by atoms with Gasteiger partial charge >= 0.3 is 0 Å². The molecule has 0 radical (unpaired) electrons. The van der Waals surface area contributed by atoms with Crippen molar-refractivity contribution in [3.63, 3.8) is 0 Å². The average molecular weight is 880 g/mol. The van der Waals surface area contributed by atoms with Crippen LogP contribution in [0, 0.1) is 39.9 Å².